The van der Waals surface area contributed by atoms with Crippen molar-refractivity contribution in [1.82, 2.24) is 9.80 Å². The van der Waals surface area contributed by atoms with E-state index in [0.717, 1.165) is 64.2 Å². The summed E-state index contributed by atoms with van der Waals surface area (Å²) in [5.74, 6) is 0. The van der Waals surface area contributed by atoms with E-state index >= 15 is 0 Å². The van der Waals surface area contributed by atoms with Gasteiger partial charge in [-0.25, -0.2) is 0 Å². The molecule has 0 saturated carbocycles. The number of nitrogens with zero attached hydrogens (tertiary/aromatic N) is 2. The molecule has 0 aromatic rings. The minimum atomic E-state index is -2.41. The minimum Gasteiger partial charge on any atom is -0.374 e. The average Bonchev–Trinajstić information content (AvgIpc) is 2.88. The molecule has 0 heterocycles. The zero-order chi connectivity index (χ0) is 28.4. The van der Waals surface area contributed by atoms with Crippen LogP contribution in [0.5, 0.6) is 0 Å². The third-order valence-corrected chi connectivity index (χ3v) is 12.4. The predicted octanol–water partition coefficient (Wildman–Crippen LogP) is 5.92. The van der Waals surface area contributed by atoms with Crippen LogP contribution in [0.3, 0.4) is 0 Å². The number of hydrogen-bond donors (Lipinski definition) is 0. The molecule has 0 aliphatic heterocycles. The molecular formula is C27H64N2O6Si2. The Kier molecular flexibility index (Phi) is 27.9. The molecule has 8 nitrogen and oxygen atoms in total. The van der Waals surface area contributed by atoms with E-state index < -0.39 is 17.6 Å². The topological polar surface area (TPSA) is 61.9 Å². The van der Waals surface area contributed by atoms with Crippen LogP contribution in [0.1, 0.15) is 88.5 Å². The van der Waals surface area contributed by atoms with Crippen molar-refractivity contribution in [2.75, 3.05) is 78.9 Å². The summed E-state index contributed by atoms with van der Waals surface area (Å²) < 4.78 is 35.1. The van der Waals surface area contributed by atoms with Gasteiger partial charge in [0.1, 0.15) is 0 Å². The van der Waals surface area contributed by atoms with E-state index in [0.29, 0.717) is 39.6 Å². The van der Waals surface area contributed by atoms with Gasteiger partial charge < -0.3 is 36.4 Å². The first-order chi connectivity index (χ1) is 17.8. The van der Waals surface area contributed by atoms with Gasteiger partial charge in [-0.15, -0.1) is 0 Å². The molecule has 0 fully saturated rings. The third-order valence-electron chi connectivity index (χ3n) is 6.14. The second-order valence-corrected chi connectivity index (χ2v) is 14.0. The fourth-order valence-corrected chi connectivity index (χ4v) is 9.56. The Morgan fingerprint density at radius 2 is 0.649 bits per heavy atom. The smallest absolute Gasteiger partial charge is 0.374 e. The Hall–Kier alpha value is 0.114. The van der Waals surface area contributed by atoms with Crippen molar-refractivity contribution in [3.05, 3.63) is 0 Å². The molecule has 0 N–H and O–H groups in total. The van der Waals surface area contributed by atoms with Crippen molar-refractivity contribution >= 4 is 17.6 Å². The summed E-state index contributed by atoms with van der Waals surface area (Å²) >= 11 is 0. The van der Waals surface area contributed by atoms with E-state index in [1.807, 2.05) is 41.5 Å². The van der Waals surface area contributed by atoms with Gasteiger partial charge in [-0.2, -0.15) is 0 Å². The van der Waals surface area contributed by atoms with Crippen LogP contribution in [-0.4, -0.2) is 106 Å². The maximum Gasteiger partial charge on any atom is 0.500 e. The van der Waals surface area contributed by atoms with Gasteiger partial charge in [0.2, 0.25) is 0 Å². The molecule has 0 amide bonds. The first-order valence-corrected chi connectivity index (χ1v) is 19.0. The normalized spacial score (nSPS) is 12.3. The molecule has 0 atom stereocenters. The van der Waals surface area contributed by atoms with Gasteiger partial charge in [-0.3, -0.25) is 0 Å². The van der Waals surface area contributed by atoms with E-state index in [-0.39, 0.29) is 0 Å². The second kappa shape index (κ2) is 26.3. The molecular weight excluding hydrogens is 504 g/mol. The van der Waals surface area contributed by atoms with Gasteiger partial charge in [-0.05, 0) is 100 Å². The summed E-state index contributed by atoms with van der Waals surface area (Å²) in [5.41, 5.74) is 0. The van der Waals surface area contributed by atoms with Crippen molar-refractivity contribution in [3.8, 4) is 0 Å². The summed E-state index contributed by atoms with van der Waals surface area (Å²) in [5, 5.41) is 0. The first kappa shape index (κ1) is 39.3. The molecule has 0 aromatic carbocycles. The molecule has 37 heavy (non-hydrogen) atoms. The van der Waals surface area contributed by atoms with E-state index in [2.05, 4.69) is 37.5 Å². The van der Waals surface area contributed by atoms with E-state index in [4.69, 9.17) is 26.6 Å². The van der Waals surface area contributed by atoms with Gasteiger partial charge in [0, 0.05) is 51.7 Å². The van der Waals surface area contributed by atoms with Gasteiger partial charge in [-0.1, -0.05) is 27.7 Å². The lowest BCUT2D eigenvalue weighted by atomic mass is 10.3. The third kappa shape index (κ3) is 18.9. The number of hydrogen-bond acceptors (Lipinski definition) is 8. The van der Waals surface area contributed by atoms with Crippen LogP contribution >= 0.6 is 0 Å². The van der Waals surface area contributed by atoms with E-state index in [9.17, 15) is 0 Å². The minimum absolute atomic E-state index is 0.664. The summed E-state index contributed by atoms with van der Waals surface area (Å²) in [6.07, 6.45) is 3.38. The van der Waals surface area contributed by atoms with Crippen molar-refractivity contribution in [3.63, 3.8) is 0 Å². The number of unbranched alkanes of at least 4 members (excludes halogenated alkanes) is 1. The Balaban J connectivity index is 0. The Bertz CT molecular complexity index is 438. The van der Waals surface area contributed by atoms with Crippen LogP contribution in [0.15, 0.2) is 0 Å². The Morgan fingerprint density at radius 1 is 0.378 bits per heavy atom. The van der Waals surface area contributed by atoms with Crippen LogP contribution < -0.4 is 0 Å². The fourth-order valence-electron chi connectivity index (χ4n) is 4.28. The summed E-state index contributed by atoms with van der Waals surface area (Å²) in [4.78, 5) is 4.87. The lowest BCUT2D eigenvalue weighted by molar-refractivity contribution is 0.0694. The van der Waals surface area contributed by atoms with Crippen molar-refractivity contribution in [1.29, 1.82) is 0 Å². The SMILES string of the molecule is CCO[Si](CCCCN(CC)CC)(OCC)OCC.CCO[Si](CCCN(CC)CC)(OCC)OCC. The highest BCUT2D eigenvalue weighted by Gasteiger charge is 2.40. The highest BCUT2D eigenvalue weighted by molar-refractivity contribution is 6.61. The maximum absolute atomic E-state index is 5.85. The van der Waals surface area contributed by atoms with E-state index in [1.54, 1.807) is 0 Å². The lowest BCUT2D eigenvalue weighted by Gasteiger charge is -2.29. The number of rotatable bonds is 25. The molecule has 0 saturated heterocycles. The zero-order valence-electron chi connectivity index (χ0n) is 26.4. The van der Waals surface area contributed by atoms with Crippen LogP contribution in [0.25, 0.3) is 0 Å². The van der Waals surface area contributed by atoms with Gasteiger partial charge in [0.25, 0.3) is 0 Å². The van der Waals surface area contributed by atoms with Crippen LogP contribution in [0, 0.1) is 0 Å². The van der Waals surface area contributed by atoms with Crippen molar-refractivity contribution in [2.45, 2.75) is 101 Å². The molecule has 0 aliphatic rings. The summed E-state index contributed by atoms with van der Waals surface area (Å²) in [6.45, 7) is 31.6. The zero-order valence-corrected chi connectivity index (χ0v) is 28.4. The Labute approximate surface area is 233 Å². The standard InChI is InChI=1S/C14H33NO3Si.C13H31NO3Si/c1-6-15(7-2)13-11-12-14-19(16-8-3,17-9-4)18-10-5;1-6-14(7-2)12-11-13-18(15-8-3,16-9-4)17-10-5/h6-14H2,1-5H3;6-13H2,1-5H3. The highest BCUT2D eigenvalue weighted by Crippen LogP contribution is 2.20. The molecule has 0 aromatic heterocycles. The largest absolute Gasteiger partial charge is 0.500 e. The molecule has 0 rings (SSSR count). The average molecular weight is 569 g/mol. The van der Waals surface area contributed by atoms with Crippen molar-refractivity contribution in [2.24, 2.45) is 0 Å². The van der Waals surface area contributed by atoms with Crippen LogP contribution in [0.2, 0.25) is 12.1 Å². The maximum atomic E-state index is 5.85. The molecule has 0 radical (unpaired) electrons. The summed E-state index contributed by atoms with van der Waals surface area (Å²) in [6, 6.07) is 1.85. The second-order valence-electron chi connectivity index (χ2n) is 8.58. The lowest BCUT2D eigenvalue weighted by Crippen LogP contribution is -2.46. The van der Waals surface area contributed by atoms with Gasteiger partial charge in [0.15, 0.2) is 0 Å². The molecule has 0 spiro atoms. The molecule has 10 heteroatoms. The van der Waals surface area contributed by atoms with Crippen LogP contribution in [0.4, 0.5) is 0 Å². The monoisotopic (exact) mass is 568 g/mol. The van der Waals surface area contributed by atoms with Gasteiger partial charge in [0.05, 0.1) is 0 Å². The Morgan fingerprint density at radius 3 is 0.919 bits per heavy atom. The van der Waals surface area contributed by atoms with Gasteiger partial charge >= 0.3 is 17.6 Å². The quantitative estimate of drug-likeness (QED) is 0.0993. The molecule has 0 aliphatic carbocycles. The molecule has 226 valence electrons. The van der Waals surface area contributed by atoms with E-state index in [1.165, 1.54) is 6.42 Å². The predicted molar refractivity (Wildman–Crippen MR) is 160 cm³/mol. The highest BCUT2D eigenvalue weighted by atomic mass is 28.4. The fraction of sp³-hybridized carbons (Fsp3) is 1.00. The van der Waals surface area contributed by atoms with Crippen molar-refractivity contribution < 1.29 is 26.6 Å². The molecule has 0 unspecified atom stereocenters. The molecule has 0 bridgehead atoms. The summed E-state index contributed by atoms with van der Waals surface area (Å²) in [7, 11) is -4.82. The first-order valence-electron chi connectivity index (χ1n) is 15.1. The van der Waals surface area contributed by atoms with Crippen LogP contribution in [-0.2, 0) is 26.6 Å².